The molecule has 1 saturated heterocycles. The van der Waals surface area contributed by atoms with E-state index < -0.39 is 18.5 Å². The lowest BCUT2D eigenvalue weighted by Crippen LogP contribution is -2.33. The van der Waals surface area contributed by atoms with Crippen LogP contribution in [0.5, 0.6) is 0 Å². The molecule has 0 saturated carbocycles. The zero-order chi connectivity index (χ0) is 30.6. The van der Waals surface area contributed by atoms with Crippen LogP contribution in [0.1, 0.15) is 29.5 Å². The van der Waals surface area contributed by atoms with E-state index in [1.807, 2.05) is 0 Å². The van der Waals surface area contributed by atoms with Crippen molar-refractivity contribution in [2.45, 2.75) is 25.1 Å². The van der Waals surface area contributed by atoms with Crippen LogP contribution in [0.15, 0.2) is 79.0 Å². The van der Waals surface area contributed by atoms with E-state index in [9.17, 15) is 22.4 Å². The number of hydrogen-bond donors (Lipinski definition) is 2. The summed E-state index contributed by atoms with van der Waals surface area (Å²) in [4.78, 5) is 20.0. The molecule has 0 spiro atoms. The van der Waals surface area contributed by atoms with Gasteiger partial charge in [-0.25, -0.2) is 4.98 Å². The molecule has 2 N–H and O–H groups in total. The minimum Gasteiger partial charge on any atom is -0.355 e. The lowest BCUT2D eigenvalue weighted by atomic mass is 9.88. The topological polar surface area (TPSA) is 77.2 Å². The first-order chi connectivity index (χ1) is 20.6. The number of halogens is 4. The standard InChI is InChI=1S/C32H32F4N6O/c1-41(2)29(43)9-6-15-37-24-14-16-42(20-24)28-13-11-23(19-38-28)30(22-10-12-27-25(17-22)31(33)40-39-27)26(18-32(34,35)36)21-7-4-3-5-8-21/h3-13,17,19,24,37H,14-16,18,20H2,1-2H3,(H,39,40)/b9-6+,30-26-/t24-/m1/s1. The van der Waals surface area contributed by atoms with Crippen molar-refractivity contribution < 1.29 is 22.4 Å². The van der Waals surface area contributed by atoms with Crippen molar-refractivity contribution in [1.82, 2.24) is 25.4 Å². The molecular formula is C32H32F4N6O. The van der Waals surface area contributed by atoms with Crippen LogP contribution in [-0.2, 0) is 4.79 Å². The van der Waals surface area contributed by atoms with Crippen LogP contribution in [0, 0.1) is 5.95 Å². The number of benzene rings is 2. The summed E-state index contributed by atoms with van der Waals surface area (Å²) in [7, 11) is 3.39. The molecule has 0 unspecified atom stereocenters. The van der Waals surface area contributed by atoms with Gasteiger partial charge in [-0.15, -0.1) is 5.10 Å². The van der Waals surface area contributed by atoms with Crippen LogP contribution in [0.3, 0.4) is 0 Å². The third-order valence-corrected chi connectivity index (χ3v) is 7.38. The number of H-pyrrole nitrogens is 1. The highest BCUT2D eigenvalue weighted by Crippen LogP contribution is 2.40. The highest BCUT2D eigenvalue weighted by molar-refractivity contribution is 6.00. The van der Waals surface area contributed by atoms with Crippen molar-refractivity contribution >= 4 is 33.8 Å². The Labute approximate surface area is 246 Å². The number of anilines is 1. The molecule has 0 radical (unpaired) electrons. The predicted molar refractivity (Wildman–Crippen MR) is 160 cm³/mol. The molecule has 4 aromatic rings. The number of allylic oxidation sites excluding steroid dienone is 1. The van der Waals surface area contributed by atoms with Gasteiger partial charge in [0.05, 0.1) is 17.3 Å². The first kappa shape index (κ1) is 30.0. The van der Waals surface area contributed by atoms with E-state index in [1.54, 1.807) is 81.0 Å². The molecule has 2 aromatic heterocycles. The number of fused-ring (bicyclic) bond motifs is 1. The molecule has 5 rings (SSSR count). The fourth-order valence-electron chi connectivity index (χ4n) is 5.23. The molecule has 224 valence electrons. The fourth-order valence-corrected chi connectivity index (χ4v) is 5.23. The smallest absolute Gasteiger partial charge is 0.355 e. The zero-order valence-corrected chi connectivity index (χ0v) is 23.8. The molecule has 0 aliphatic carbocycles. The van der Waals surface area contributed by atoms with Crippen LogP contribution in [-0.4, -0.2) is 71.9 Å². The first-order valence-corrected chi connectivity index (χ1v) is 13.9. The van der Waals surface area contributed by atoms with Crippen molar-refractivity contribution in [3.8, 4) is 0 Å². The lowest BCUT2D eigenvalue weighted by molar-refractivity contribution is -0.124. The Morgan fingerprint density at radius 2 is 1.86 bits per heavy atom. The number of carbonyl (C=O) groups is 1. The predicted octanol–water partition coefficient (Wildman–Crippen LogP) is 5.82. The van der Waals surface area contributed by atoms with Gasteiger partial charge in [0, 0.05) is 57.6 Å². The molecular weight excluding hydrogens is 560 g/mol. The second kappa shape index (κ2) is 12.8. The van der Waals surface area contributed by atoms with E-state index in [4.69, 9.17) is 0 Å². The Balaban J connectivity index is 1.46. The van der Waals surface area contributed by atoms with Gasteiger partial charge in [-0.05, 0) is 53.0 Å². The normalized spacial score (nSPS) is 16.2. The number of nitrogens with zero attached hydrogens (tertiary/aromatic N) is 4. The van der Waals surface area contributed by atoms with E-state index in [2.05, 4.69) is 25.4 Å². The fraction of sp³-hybridized carbons (Fsp3) is 0.281. The second-order valence-electron chi connectivity index (χ2n) is 10.7. The van der Waals surface area contributed by atoms with Gasteiger partial charge < -0.3 is 15.1 Å². The molecule has 1 amide bonds. The summed E-state index contributed by atoms with van der Waals surface area (Å²) in [5.74, 6) is -0.0917. The van der Waals surface area contributed by atoms with Gasteiger partial charge in [-0.2, -0.15) is 17.6 Å². The number of alkyl halides is 3. The van der Waals surface area contributed by atoms with Crippen LogP contribution in [0.25, 0.3) is 22.0 Å². The van der Waals surface area contributed by atoms with Crippen LogP contribution in [0.4, 0.5) is 23.4 Å². The highest BCUT2D eigenvalue weighted by atomic mass is 19.4. The highest BCUT2D eigenvalue weighted by Gasteiger charge is 2.32. The van der Waals surface area contributed by atoms with E-state index in [0.29, 0.717) is 46.7 Å². The minimum atomic E-state index is -4.48. The molecule has 43 heavy (non-hydrogen) atoms. The number of aromatic amines is 1. The number of amides is 1. The van der Waals surface area contributed by atoms with Crippen molar-refractivity contribution in [3.05, 3.63) is 102 Å². The van der Waals surface area contributed by atoms with Gasteiger partial charge >= 0.3 is 6.18 Å². The maximum atomic E-state index is 14.4. The molecule has 2 aromatic carbocycles. The molecule has 3 heterocycles. The van der Waals surface area contributed by atoms with Crippen LogP contribution < -0.4 is 10.2 Å². The lowest BCUT2D eigenvalue weighted by Gasteiger charge is -2.21. The molecule has 1 aliphatic rings. The van der Waals surface area contributed by atoms with Gasteiger partial charge in [0.1, 0.15) is 5.82 Å². The van der Waals surface area contributed by atoms with Gasteiger partial charge in [0.25, 0.3) is 0 Å². The summed E-state index contributed by atoms with van der Waals surface area (Å²) in [6.45, 7) is 2.01. The molecule has 7 nitrogen and oxygen atoms in total. The monoisotopic (exact) mass is 592 g/mol. The number of carbonyl (C=O) groups excluding carboxylic acids is 1. The number of aromatic nitrogens is 3. The summed E-state index contributed by atoms with van der Waals surface area (Å²) in [6.07, 6.45) is 0.131. The van der Waals surface area contributed by atoms with Crippen molar-refractivity contribution in [1.29, 1.82) is 0 Å². The zero-order valence-electron chi connectivity index (χ0n) is 23.8. The van der Waals surface area contributed by atoms with Gasteiger partial charge in [-0.1, -0.05) is 42.5 Å². The molecule has 0 bridgehead atoms. The summed E-state index contributed by atoms with van der Waals surface area (Å²) in [5.41, 5.74) is 2.17. The molecule has 1 fully saturated rings. The number of rotatable bonds is 9. The Kier molecular flexibility index (Phi) is 8.91. The Morgan fingerprint density at radius 1 is 1.09 bits per heavy atom. The van der Waals surface area contributed by atoms with Gasteiger partial charge in [-0.3, -0.25) is 9.89 Å². The Morgan fingerprint density at radius 3 is 2.56 bits per heavy atom. The van der Waals surface area contributed by atoms with E-state index in [-0.39, 0.29) is 22.9 Å². The minimum absolute atomic E-state index is 0.0668. The summed E-state index contributed by atoms with van der Waals surface area (Å²) in [5, 5.41) is 9.81. The van der Waals surface area contributed by atoms with E-state index in [1.165, 1.54) is 17.0 Å². The molecule has 11 heteroatoms. The van der Waals surface area contributed by atoms with Crippen molar-refractivity contribution in [3.63, 3.8) is 0 Å². The third-order valence-electron chi connectivity index (χ3n) is 7.38. The summed E-state index contributed by atoms with van der Waals surface area (Å²) < 4.78 is 56.4. The first-order valence-electron chi connectivity index (χ1n) is 13.9. The summed E-state index contributed by atoms with van der Waals surface area (Å²) in [6, 6.07) is 17.0. The van der Waals surface area contributed by atoms with Gasteiger partial charge in [0.15, 0.2) is 0 Å². The average Bonchev–Trinajstić information content (AvgIpc) is 3.61. The van der Waals surface area contributed by atoms with E-state index >= 15 is 0 Å². The molecule has 1 atom stereocenters. The second-order valence-corrected chi connectivity index (χ2v) is 10.7. The average molecular weight is 593 g/mol. The maximum absolute atomic E-state index is 14.4. The summed E-state index contributed by atoms with van der Waals surface area (Å²) >= 11 is 0. The third kappa shape index (κ3) is 7.29. The van der Waals surface area contributed by atoms with Crippen molar-refractivity contribution in [2.75, 3.05) is 38.6 Å². The number of nitrogens with one attached hydrogen (secondary N) is 2. The number of likely N-dealkylation sites (N-methyl/N-ethyl adjacent to an activating group) is 1. The SMILES string of the molecule is CN(C)C(=O)/C=C/CN[C@@H]1CCN(c2ccc(/C(=C(/CC(F)(F)F)c3ccccc3)c3ccc4[nH]nc(F)c4c3)cn2)C1. The Hall–Kier alpha value is -4.51. The van der Waals surface area contributed by atoms with Crippen molar-refractivity contribution in [2.24, 2.45) is 0 Å². The van der Waals surface area contributed by atoms with Crippen LogP contribution >= 0.6 is 0 Å². The number of hydrogen-bond acceptors (Lipinski definition) is 5. The number of pyridine rings is 1. The maximum Gasteiger partial charge on any atom is 0.393 e. The molecule has 1 aliphatic heterocycles. The Bertz CT molecular complexity index is 1630. The largest absolute Gasteiger partial charge is 0.393 e. The van der Waals surface area contributed by atoms with Gasteiger partial charge in [0.2, 0.25) is 11.9 Å². The quantitative estimate of drug-likeness (QED) is 0.146. The van der Waals surface area contributed by atoms with E-state index in [0.717, 1.165) is 13.0 Å². The van der Waals surface area contributed by atoms with Crippen LogP contribution in [0.2, 0.25) is 0 Å².